The van der Waals surface area contributed by atoms with Gasteiger partial charge in [-0.3, -0.25) is 9.59 Å². The van der Waals surface area contributed by atoms with Gasteiger partial charge in [0.1, 0.15) is 16.9 Å². The topological polar surface area (TPSA) is 107 Å². The number of piperidine rings is 1. The second kappa shape index (κ2) is 11.5. The van der Waals surface area contributed by atoms with Gasteiger partial charge in [0, 0.05) is 42.7 Å². The molecule has 0 bridgehead atoms. The summed E-state index contributed by atoms with van der Waals surface area (Å²) in [6.07, 6.45) is 4.42. The van der Waals surface area contributed by atoms with Gasteiger partial charge in [-0.15, -0.1) is 5.10 Å². The van der Waals surface area contributed by atoms with Crippen LogP contribution >= 0.6 is 0 Å². The molecular weight excluding hydrogens is 522 g/mol. The van der Waals surface area contributed by atoms with E-state index in [1.165, 1.54) is 4.57 Å². The third-order valence-corrected chi connectivity index (χ3v) is 6.97. The first-order chi connectivity index (χ1) is 19.6. The van der Waals surface area contributed by atoms with E-state index in [-0.39, 0.29) is 23.9 Å². The Balaban J connectivity index is 1.56. The molecule has 1 fully saturated rings. The second-order valence-corrected chi connectivity index (χ2v) is 11.1. The number of ether oxygens (including phenoxy) is 2. The summed E-state index contributed by atoms with van der Waals surface area (Å²) >= 11 is 0. The summed E-state index contributed by atoms with van der Waals surface area (Å²) in [5, 5.41) is 7.83. The first-order valence-electron chi connectivity index (χ1n) is 13.7. The van der Waals surface area contributed by atoms with Crippen molar-refractivity contribution >= 4 is 23.2 Å². The number of benzene rings is 2. The molecule has 4 aromatic rings. The number of fused-ring (bicyclic) bond motifs is 1. The monoisotopic (exact) mass is 557 g/mol. The van der Waals surface area contributed by atoms with E-state index in [9.17, 15) is 14.4 Å². The number of para-hydroxylation sites is 1. The van der Waals surface area contributed by atoms with Gasteiger partial charge in [-0.1, -0.05) is 48.5 Å². The highest BCUT2D eigenvalue weighted by atomic mass is 16.6. The molecule has 1 amide bonds. The fraction of sp³-hybridized carbons (Fsp3) is 0.355. The number of carbonyl (C=O) groups is 2. The molecule has 0 spiro atoms. The minimum absolute atomic E-state index is 0.100. The molecule has 10 heteroatoms. The van der Waals surface area contributed by atoms with Crippen molar-refractivity contribution in [2.24, 2.45) is 0 Å². The first-order valence-corrected chi connectivity index (χ1v) is 13.7. The highest BCUT2D eigenvalue weighted by Crippen LogP contribution is 2.39. The molecule has 0 saturated carbocycles. The van der Waals surface area contributed by atoms with Crippen molar-refractivity contribution in [2.75, 3.05) is 25.1 Å². The number of amides is 1. The van der Waals surface area contributed by atoms with Crippen LogP contribution in [0, 0.1) is 0 Å². The summed E-state index contributed by atoms with van der Waals surface area (Å²) in [6.45, 7) is 6.57. The molecule has 214 valence electrons. The van der Waals surface area contributed by atoms with Gasteiger partial charge in [0.25, 0.3) is 5.56 Å². The van der Waals surface area contributed by atoms with Crippen LogP contribution in [0.1, 0.15) is 44.0 Å². The molecule has 2 aromatic carbocycles. The van der Waals surface area contributed by atoms with E-state index in [1.807, 2.05) is 51.1 Å². The number of aromatic nitrogens is 3. The molecule has 3 heterocycles. The molecule has 1 atom stereocenters. The van der Waals surface area contributed by atoms with Gasteiger partial charge in [0.2, 0.25) is 0 Å². The summed E-state index contributed by atoms with van der Waals surface area (Å²) < 4.78 is 14.1. The standard InChI is InChI=1S/C31H35N5O5/c1-31(2,3)41-30(39)32-22-13-10-16-34(19-22)28-26(23-14-8-9-15-25(23)40-4)27-29(38)35(17-18-36(27)33-28)20-24(37)21-11-6-5-7-12-21/h5-9,11-12,14-15,17-18,22H,10,13,16,19-20H2,1-4H3,(H,32,39)/t22-/m1/s1. The molecule has 2 aromatic heterocycles. The van der Waals surface area contributed by atoms with Crippen molar-refractivity contribution in [1.29, 1.82) is 0 Å². The van der Waals surface area contributed by atoms with Crippen molar-refractivity contribution in [2.45, 2.75) is 51.8 Å². The molecule has 0 radical (unpaired) electrons. The van der Waals surface area contributed by atoms with Crippen molar-refractivity contribution < 1.29 is 19.1 Å². The highest BCUT2D eigenvalue weighted by Gasteiger charge is 2.30. The number of nitrogens with one attached hydrogen (secondary N) is 1. The van der Waals surface area contributed by atoms with E-state index >= 15 is 0 Å². The van der Waals surface area contributed by atoms with Crippen molar-refractivity contribution in [3.05, 3.63) is 82.9 Å². The van der Waals surface area contributed by atoms with Gasteiger partial charge in [-0.2, -0.15) is 0 Å². The van der Waals surface area contributed by atoms with Crippen molar-refractivity contribution in [3.63, 3.8) is 0 Å². The number of hydrogen-bond acceptors (Lipinski definition) is 7. The first kappa shape index (κ1) is 27.9. The van der Waals surface area contributed by atoms with Crippen molar-refractivity contribution in [1.82, 2.24) is 19.5 Å². The normalized spacial score (nSPS) is 15.5. The molecule has 5 rings (SSSR count). The zero-order valence-electron chi connectivity index (χ0n) is 23.8. The number of methoxy groups -OCH3 is 1. The average Bonchev–Trinajstić information content (AvgIpc) is 3.34. The number of hydrogen-bond donors (Lipinski definition) is 1. The largest absolute Gasteiger partial charge is 0.496 e. The Bertz CT molecular complexity index is 1620. The Morgan fingerprint density at radius 2 is 1.78 bits per heavy atom. The predicted octanol–water partition coefficient (Wildman–Crippen LogP) is 4.55. The van der Waals surface area contributed by atoms with Crippen LogP contribution in [-0.2, 0) is 11.3 Å². The molecule has 1 aliphatic rings. The maximum absolute atomic E-state index is 13.9. The van der Waals surface area contributed by atoms with Crippen LogP contribution in [0.25, 0.3) is 16.6 Å². The Morgan fingerprint density at radius 3 is 2.51 bits per heavy atom. The molecule has 1 aliphatic heterocycles. The van der Waals surface area contributed by atoms with Crippen LogP contribution in [0.2, 0.25) is 0 Å². The van der Waals surface area contributed by atoms with E-state index in [0.717, 1.165) is 12.8 Å². The van der Waals surface area contributed by atoms with Gasteiger partial charge in [0.05, 0.1) is 19.2 Å². The van der Waals surface area contributed by atoms with Crippen LogP contribution in [0.3, 0.4) is 0 Å². The lowest BCUT2D eigenvalue weighted by Gasteiger charge is -2.34. The maximum Gasteiger partial charge on any atom is 0.407 e. The van der Waals surface area contributed by atoms with E-state index in [0.29, 0.717) is 46.9 Å². The molecule has 1 N–H and O–H groups in total. The van der Waals surface area contributed by atoms with Gasteiger partial charge < -0.3 is 24.3 Å². The predicted molar refractivity (Wildman–Crippen MR) is 157 cm³/mol. The Hall–Kier alpha value is -4.60. The minimum Gasteiger partial charge on any atom is -0.496 e. The summed E-state index contributed by atoms with van der Waals surface area (Å²) in [5.41, 5.74) is 1.28. The average molecular weight is 558 g/mol. The Kier molecular flexibility index (Phi) is 7.83. The summed E-state index contributed by atoms with van der Waals surface area (Å²) in [5.74, 6) is 1.04. The van der Waals surface area contributed by atoms with E-state index in [2.05, 4.69) is 10.2 Å². The second-order valence-electron chi connectivity index (χ2n) is 11.1. The van der Waals surface area contributed by atoms with Crippen LogP contribution in [0.5, 0.6) is 5.75 Å². The van der Waals surface area contributed by atoms with Crippen LogP contribution in [-0.4, -0.2) is 57.9 Å². The van der Waals surface area contributed by atoms with E-state index in [1.54, 1.807) is 48.3 Å². The van der Waals surface area contributed by atoms with Gasteiger partial charge >= 0.3 is 6.09 Å². The Morgan fingerprint density at radius 1 is 1.05 bits per heavy atom. The third-order valence-electron chi connectivity index (χ3n) is 6.97. The van der Waals surface area contributed by atoms with Gasteiger partial charge in [0.15, 0.2) is 11.6 Å². The van der Waals surface area contributed by atoms with Gasteiger partial charge in [-0.25, -0.2) is 9.31 Å². The van der Waals surface area contributed by atoms with Crippen LogP contribution in [0.4, 0.5) is 10.6 Å². The SMILES string of the molecule is COc1ccccc1-c1c(N2CCC[C@@H](NC(=O)OC(C)(C)C)C2)nn2ccn(CC(=O)c3ccccc3)c(=O)c12. The molecule has 41 heavy (non-hydrogen) atoms. The molecular formula is C31H35N5O5. The lowest BCUT2D eigenvalue weighted by atomic mass is 10.0. The number of anilines is 1. The number of ketones is 1. The van der Waals surface area contributed by atoms with Crippen LogP contribution in [0.15, 0.2) is 71.8 Å². The number of rotatable bonds is 7. The van der Waals surface area contributed by atoms with E-state index < -0.39 is 11.7 Å². The number of Topliss-reactive ketones (excluding diaryl/α,β-unsaturated/α-hetero) is 1. The van der Waals surface area contributed by atoms with Crippen LogP contribution < -0.4 is 20.5 Å². The Labute approximate surface area is 238 Å². The van der Waals surface area contributed by atoms with E-state index in [4.69, 9.17) is 14.6 Å². The van der Waals surface area contributed by atoms with Crippen molar-refractivity contribution in [3.8, 4) is 16.9 Å². The summed E-state index contributed by atoms with van der Waals surface area (Å²) in [6, 6.07) is 16.2. The lowest BCUT2D eigenvalue weighted by Crippen LogP contribution is -2.49. The highest BCUT2D eigenvalue weighted by molar-refractivity contribution is 5.96. The fourth-order valence-electron chi connectivity index (χ4n) is 5.16. The maximum atomic E-state index is 13.9. The molecule has 10 nitrogen and oxygen atoms in total. The number of nitrogens with zero attached hydrogens (tertiary/aromatic N) is 4. The molecule has 1 saturated heterocycles. The molecule has 0 aliphatic carbocycles. The third kappa shape index (κ3) is 6.11. The summed E-state index contributed by atoms with van der Waals surface area (Å²) in [4.78, 5) is 41.5. The minimum atomic E-state index is -0.598. The van der Waals surface area contributed by atoms with Gasteiger partial charge in [-0.05, 0) is 39.7 Å². The number of carbonyl (C=O) groups excluding carboxylic acids is 2. The fourth-order valence-corrected chi connectivity index (χ4v) is 5.16. The smallest absolute Gasteiger partial charge is 0.407 e. The number of alkyl carbamates (subject to hydrolysis) is 1. The summed E-state index contributed by atoms with van der Waals surface area (Å²) in [7, 11) is 1.59. The zero-order chi connectivity index (χ0) is 29.1. The molecule has 0 unspecified atom stereocenters. The zero-order valence-corrected chi connectivity index (χ0v) is 23.8. The lowest BCUT2D eigenvalue weighted by molar-refractivity contribution is 0.0499. The quantitative estimate of drug-likeness (QED) is 0.332.